The molecule has 2 aromatic rings. The Hall–Kier alpha value is -1.03. The second-order valence-electron chi connectivity index (χ2n) is 5.38. The topological polar surface area (TPSA) is 66.8 Å². The number of benzene rings is 2. The maximum atomic E-state index is 11.3. The monoisotopic (exact) mass is 538 g/mol. The van der Waals surface area contributed by atoms with Crippen LogP contribution >= 0.6 is 45.2 Å². The summed E-state index contributed by atoms with van der Waals surface area (Å²) in [5.41, 5.74) is 1.51. The molecule has 0 saturated carbocycles. The van der Waals surface area contributed by atoms with E-state index in [1.54, 1.807) is 36.4 Å². The number of aliphatic carboxylic acids is 1. The smallest absolute Gasteiger partial charge is 0.334 e. The number of carbonyl (C=O) groups is 1. The predicted octanol–water partition coefficient (Wildman–Crippen LogP) is 5.42. The van der Waals surface area contributed by atoms with Gasteiger partial charge >= 0.3 is 5.97 Å². The van der Waals surface area contributed by atoms with Crippen molar-refractivity contribution in [1.82, 2.24) is 0 Å². The number of rotatable bonds is 5. The summed E-state index contributed by atoms with van der Waals surface area (Å²) in [7, 11) is 0. The number of carboxylic acids is 1. The third-order valence-electron chi connectivity index (χ3n) is 3.34. The highest BCUT2D eigenvalue weighted by Gasteiger charge is 2.34. The van der Waals surface area contributed by atoms with Gasteiger partial charge in [-0.15, -0.1) is 0 Å². The molecule has 0 aromatic heterocycles. The summed E-state index contributed by atoms with van der Waals surface area (Å²) in [5, 5.41) is 19.1. The Morgan fingerprint density at radius 1 is 1.09 bits per heavy atom. The first-order valence-corrected chi connectivity index (χ1v) is 9.10. The molecule has 23 heavy (non-hydrogen) atoms. The van der Waals surface area contributed by atoms with Crippen LogP contribution in [-0.4, -0.2) is 16.2 Å². The van der Waals surface area contributed by atoms with E-state index < -0.39 is 7.40 Å². The summed E-state index contributed by atoms with van der Waals surface area (Å²) in [6, 6.07) is 12.1. The van der Waals surface area contributed by atoms with Crippen LogP contribution in [0.15, 0.2) is 42.5 Å². The van der Waals surface area contributed by atoms with E-state index in [-0.39, 0.29) is 11.7 Å². The summed E-state index contributed by atoms with van der Waals surface area (Å²) in [4.78, 5) is 11.3. The van der Waals surface area contributed by atoms with Gasteiger partial charge in [0.15, 0.2) is 1.43 Å². The summed E-state index contributed by atoms with van der Waals surface area (Å²) < 4.78 is 4.79. The molecule has 0 aliphatic carbocycles. The Balaban J connectivity index is 2.22. The average Bonchev–Trinajstić information content (AvgIpc) is 2.49. The molecular weight excluding hydrogens is 522 g/mol. The fourth-order valence-electron chi connectivity index (χ4n) is 2.05. The van der Waals surface area contributed by atoms with E-state index in [0.29, 0.717) is 17.1 Å². The van der Waals surface area contributed by atoms with Crippen LogP contribution in [0.25, 0.3) is 0 Å². The van der Waals surface area contributed by atoms with Crippen molar-refractivity contribution >= 4 is 51.2 Å². The molecule has 4 nitrogen and oxygen atoms in total. The molecule has 0 heterocycles. The third-order valence-corrected chi connectivity index (χ3v) is 5.51. The molecule has 0 fully saturated rings. The van der Waals surface area contributed by atoms with Crippen molar-refractivity contribution in [2.45, 2.75) is 21.2 Å². The van der Waals surface area contributed by atoms with Gasteiger partial charge < -0.3 is 14.9 Å². The molecular formula is C17H16I2O4. The minimum atomic E-state index is -1.00. The molecule has 2 N–H and O–H groups in total. The summed E-state index contributed by atoms with van der Waals surface area (Å²) in [6.45, 7) is 4.00. The first-order valence-electron chi connectivity index (χ1n) is 6.94. The highest BCUT2D eigenvalue weighted by molar-refractivity contribution is 14.2. The van der Waals surface area contributed by atoms with E-state index in [4.69, 9.17) is 4.74 Å². The number of phenolic OH excluding ortho intramolecular Hbond substituents is 1. The van der Waals surface area contributed by atoms with Crippen LogP contribution in [0.3, 0.4) is 0 Å². The molecule has 0 saturated heterocycles. The maximum absolute atomic E-state index is 11.3. The van der Waals surface area contributed by atoms with Crippen molar-refractivity contribution in [3.8, 4) is 17.2 Å². The van der Waals surface area contributed by atoms with Gasteiger partial charge in [0.2, 0.25) is 0 Å². The highest BCUT2D eigenvalue weighted by Crippen LogP contribution is 2.40. The number of halogens is 2. The maximum Gasteiger partial charge on any atom is 0.334 e. The molecule has 0 amide bonds. The average molecular weight is 538 g/mol. The molecule has 0 spiro atoms. The van der Waals surface area contributed by atoms with E-state index in [0.717, 1.165) is 5.56 Å². The van der Waals surface area contributed by atoms with Crippen molar-refractivity contribution in [3.63, 3.8) is 0 Å². The second-order valence-corrected chi connectivity index (χ2v) is 10.7. The van der Waals surface area contributed by atoms with Crippen molar-refractivity contribution in [1.29, 1.82) is 0 Å². The fourth-order valence-corrected chi connectivity index (χ4v) is 2.77. The largest absolute Gasteiger partial charge is 0.508 e. The van der Waals surface area contributed by atoms with E-state index in [2.05, 4.69) is 0 Å². The Kier molecular flexibility index (Phi) is 5.77. The summed E-state index contributed by atoms with van der Waals surface area (Å²) in [6.07, 6.45) is 0. The van der Waals surface area contributed by atoms with Crippen LogP contribution in [0.4, 0.5) is 0 Å². The van der Waals surface area contributed by atoms with Crippen LogP contribution in [0.2, 0.25) is 0 Å². The van der Waals surface area contributed by atoms with Crippen molar-refractivity contribution in [3.05, 3.63) is 53.6 Å². The van der Waals surface area contributed by atoms with E-state index in [1.807, 2.05) is 65.1 Å². The predicted molar refractivity (Wildman–Crippen MR) is 106 cm³/mol. The van der Waals surface area contributed by atoms with Crippen LogP contribution in [0.1, 0.15) is 30.9 Å². The van der Waals surface area contributed by atoms with Gasteiger partial charge in [0, 0.05) is 5.56 Å². The second kappa shape index (κ2) is 7.25. The number of phenols is 1. The Labute approximate surface area is 162 Å². The first-order chi connectivity index (χ1) is 10.7. The molecule has 6 heteroatoms. The molecule has 2 rings (SSSR count). The quantitative estimate of drug-likeness (QED) is 0.395. The Morgan fingerprint density at radius 3 is 2.17 bits per heavy atom. The zero-order valence-corrected chi connectivity index (χ0v) is 16.9. The lowest BCUT2D eigenvalue weighted by Crippen LogP contribution is -2.20. The van der Waals surface area contributed by atoms with Gasteiger partial charge in [-0.3, -0.25) is 0 Å². The third kappa shape index (κ3) is 4.28. The lowest BCUT2D eigenvalue weighted by Gasteiger charge is -2.16. The van der Waals surface area contributed by atoms with Crippen molar-refractivity contribution < 1.29 is 19.7 Å². The molecule has 0 atom stereocenters. The molecule has 2 aromatic carbocycles. The van der Waals surface area contributed by atoms with Gasteiger partial charge in [-0.25, -0.2) is 4.79 Å². The molecule has 0 unspecified atom stereocenters. The lowest BCUT2D eigenvalue weighted by atomic mass is 10.0. The summed E-state index contributed by atoms with van der Waals surface area (Å²) >= 11 is 3.80. The zero-order valence-electron chi connectivity index (χ0n) is 12.6. The van der Waals surface area contributed by atoms with Crippen LogP contribution in [0, 0.1) is 0 Å². The normalized spacial score (nSPS) is 11.5. The van der Waals surface area contributed by atoms with Crippen LogP contribution < -0.4 is 4.74 Å². The molecule has 0 aliphatic heterocycles. The van der Waals surface area contributed by atoms with Gasteiger partial charge in [-0.2, -0.15) is 0 Å². The molecule has 0 aliphatic rings. The molecule has 122 valence electrons. The van der Waals surface area contributed by atoms with Crippen molar-refractivity contribution in [2.75, 3.05) is 0 Å². The number of alkyl halides is 2. The zero-order chi connectivity index (χ0) is 17.2. The Morgan fingerprint density at radius 2 is 1.65 bits per heavy atom. The summed E-state index contributed by atoms with van der Waals surface area (Å²) in [5.74, 6) is 0.794. The number of hydrogen-bond acceptors (Lipinski definition) is 3. The van der Waals surface area contributed by atoms with Gasteiger partial charge in [0.25, 0.3) is 0 Å². The van der Waals surface area contributed by atoms with Crippen LogP contribution in [-0.2, 0) is 6.22 Å². The highest BCUT2D eigenvalue weighted by atomic mass is 127. The fraction of sp³-hybridized carbons (Fsp3) is 0.235. The Bertz CT molecular complexity index is 709. The number of carboxylic acid groups (broad SMARTS) is 1. The minimum Gasteiger partial charge on any atom is -0.508 e. The number of aromatic hydroxyl groups is 1. The van der Waals surface area contributed by atoms with Gasteiger partial charge in [0.05, 0.1) is 0 Å². The standard InChI is InChI=1S/C17H16I2O4/c1-10(2)14-9-13(7-8-15(14)20)23-12-5-3-11(4-6-12)17(18,19)16(21)22/h3-10,20H,1-2H3,(H,21,22). The van der Waals surface area contributed by atoms with Crippen molar-refractivity contribution in [2.24, 2.45) is 0 Å². The first kappa shape index (κ1) is 18.3. The van der Waals surface area contributed by atoms with E-state index in [9.17, 15) is 15.0 Å². The lowest BCUT2D eigenvalue weighted by molar-refractivity contribution is -0.136. The van der Waals surface area contributed by atoms with E-state index in [1.165, 1.54) is 0 Å². The van der Waals surface area contributed by atoms with Gasteiger partial charge in [-0.05, 0) is 87.0 Å². The van der Waals surface area contributed by atoms with Gasteiger partial charge in [0.1, 0.15) is 17.2 Å². The molecule has 0 bridgehead atoms. The molecule has 0 radical (unpaired) electrons. The minimum absolute atomic E-state index is 0.190. The SMILES string of the molecule is CC(C)c1cc(Oc2ccc(C(I)(I)C(=O)O)cc2)ccc1O. The van der Waals surface area contributed by atoms with E-state index >= 15 is 0 Å². The number of hydrogen-bond donors (Lipinski definition) is 2. The number of ether oxygens (including phenoxy) is 1. The van der Waals surface area contributed by atoms with Gasteiger partial charge in [-0.1, -0.05) is 26.0 Å². The van der Waals surface area contributed by atoms with Crippen LogP contribution in [0.5, 0.6) is 17.2 Å².